The summed E-state index contributed by atoms with van der Waals surface area (Å²) in [6.07, 6.45) is 3.13. The smallest absolute Gasteiger partial charge is 0.248 e. The minimum atomic E-state index is -0.259. The van der Waals surface area contributed by atoms with Crippen LogP contribution in [0.2, 0.25) is 0 Å². The first-order chi connectivity index (χ1) is 11.1. The van der Waals surface area contributed by atoms with E-state index in [-0.39, 0.29) is 11.7 Å². The van der Waals surface area contributed by atoms with Crippen molar-refractivity contribution in [3.8, 4) is 0 Å². The van der Waals surface area contributed by atoms with E-state index in [1.165, 1.54) is 24.3 Å². The van der Waals surface area contributed by atoms with Gasteiger partial charge < -0.3 is 5.32 Å². The van der Waals surface area contributed by atoms with Gasteiger partial charge in [0.15, 0.2) is 5.78 Å². The van der Waals surface area contributed by atoms with E-state index in [2.05, 4.69) is 10.3 Å². The van der Waals surface area contributed by atoms with Gasteiger partial charge in [-0.05, 0) is 37.3 Å². The molecule has 0 aliphatic carbocycles. The van der Waals surface area contributed by atoms with Gasteiger partial charge in [-0.3, -0.25) is 9.59 Å². The van der Waals surface area contributed by atoms with Gasteiger partial charge in [0.1, 0.15) is 5.01 Å². The van der Waals surface area contributed by atoms with E-state index in [4.69, 9.17) is 0 Å². The number of thiazole rings is 1. The van der Waals surface area contributed by atoms with Crippen LogP contribution in [0.3, 0.4) is 0 Å². The molecule has 0 radical (unpaired) electrons. The Morgan fingerprint density at radius 2 is 1.96 bits per heavy atom. The van der Waals surface area contributed by atoms with Gasteiger partial charge >= 0.3 is 0 Å². The maximum absolute atomic E-state index is 12.0. The lowest BCUT2D eigenvalue weighted by Crippen LogP contribution is -2.08. The maximum atomic E-state index is 12.0. The predicted octanol–water partition coefficient (Wildman–Crippen LogP) is 4.15. The Kier molecular flexibility index (Phi) is 4.30. The zero-order valence-electron chi connectivity index (χ0n) is 12.4. The number of amides is 1. The number of hydrogen-bond acceptors (Lipinski definition) is 4. The Morgan fingerprint density at radius 1 is 1.13 bits per heavy atom. The lowest BCUT2D eigenvalue weighted by Gasteiger charge is -2.03. The van der Waals surface area contributed by atoms with Crippen LogP contribution in [0.4, 0.5) is 5.69 Å². The van der Waals surface area contributed by atoms with E-state index >= 15 is 0 Å². The number of rotatable bonds is 4. The molecule has 0 bridgehead atoms. The lowest BCUT2D eigenvalue weighted by atomic mass is 10.1. The first-order valence-corrected chi connectivity index (χ1v) is 7.89. The van der Waals surface area contributed by atoms with E-state index in [0.29, 0.717) is 11.3 Å². The van der Waals surface area contributed by atoms with Crippen LogP contribution >= 0.6 is 11.3 Å². The first kappa shape index (κ1) is 15.1. The summed E-state index contributed by atoms with van der Waals surface area (Å²) in [6.45, 7) is 1.49. The average Bonchev–Trinajstić information content (AvgIpc) is 2.96. The van der Waals surface area contributed by atoms with Crippen molar-refractivity contribution in [2.75, 3.05) is 5.32 Å². The molecule has 3 rings (SSSR count). The normalized spacial score (nSPS) is 11.0. The monoisotopic (exact) mass is 322 g/mol. The number of hydrogen-bond donors (Lipinski definition) is 1. The minimum Gasteiger partial charge on any atom is -0.322 e. The Labute approximate surface area is 137 Å². The number of carbonyl (C=O) groups is 2. The van der Waals surface area contributed by atoms with Gasteiger partial charge in [0.05, 0.1) is 10.2 Å². The van der Waals surface area contributed by atoms with Crippen LogP contribution in [0, 0.1) is 0 Å². The Hall–Kier alpha value is -2.79. The molecule has 3 aromatic rings. The summed E-state index contributed by atoms with van der Waals surface area (Å²) < 4.78 is 1.08. The van der Waals surface area contributed by atoms with Gasteiger partial charge in [-0.1, -0.05) is 24.3 Å². The molecule has 0 spiro atoms. The van der Waals surface area contributed by atoms with Crippen molar-refractivity contribution in [3.05, 3.63) is 65.2 Å². The molecule has 0 saturated carbocycles. The van der Waals surface area contributed by atoms with E-state index < -0.39 is 0 Å². The summed E-state index contributed by atoms with van der Waals surface area (Å²) in [5, 5.41) is 3.52. The molecule has 0 aliphatic rings. The number of ketones is 1. The molecule has 5 heteroatoms. The number of para-hydroxylation sites is 1. The van der Waals surface area contributed by atoms with Crippen LogP contribution < -0.4 is 5.32 Å². The number of carbonyl (C=O) groups excluding carboxylic acids is 2. The standard InChI is InChI=1S/C18H14N2O2S/c1-12(21)13-5-4-6-14(11-13)19-17(22)9-10-18-20-15-7-2-3-8-16(15)23-18/h2-11H,1H3,(H,19,22)/b10-9+. The highest BCUT2D eigenvalue weighted by Gasteiger charge is 2.04. The summed E-state index contributed by atoms with van der Waals surface area (Å²) in [4.78, 5) is 27.8. The van der Waals surface area contributed by atoms with Crippen molar-refractivity contribution in [2.24, 2.45) is 0 Å². The number of Topliss-reactive ketones (excluding diaryl/α,β-unsaturated/α-hetero) is 1. The van der Waals surface area contributed by atoms with Crippen molar-refractivity contribution in [2.45, 2.75) is 6.92 Å². The molecule has 0 aliphatic heterocycles. The molecule has 0 atom stereocenters. The van der Waals surface area contributed by atoms with Gasteiger partial charge in [-0.25, -0.2) is 4.98 Å². The van der Waals surface area contributed by atoms with E-state index in [0.717, 1.165) is 15.2 Å². The van der Waals surface area contributed by atoms with Crippen LogP contribution in [0.5, 0.6) is 0 Å². The number of nitrogens with zero attached hydrogens (tertiary/aromatic N) is 1. The molecule has 4 nitrogen and oxygen atoms in total. The summed E-state index contributed by atoms with van der Waals surface area (Å²) in [7, 11) is 0. The molecule has 2 aromatic carbocycles. The van der Waals surface area contributed by atoms with Gasteiger partial charge in [0, 0.05) is 17.3 Å². The number of anilines is 1. The Morgan fingerprint density at radius 3 is 2.74 bits per heavy atom. The molecule has 1 heterocycles. The van der Waals surface area contributed by atoms with Crippen LogP contribution in [0.1, 0.15) is 22.3 Å². The van der Waals surface area contributed by atoms with E-state index in [1.807, 2.05) is 24.3 Å². The average molecular weight is 322 g/mol. The van der Waals surface area contributed by atoms with Crippen molar-refractivity contribution < 1.29 is 9.59 Å². The van der Waals surface area contributed by atoms with Gasteiger partial charge in [-0.15, -0.1) is 11.3 Å². The van der Waals surface area contributed by atoms with Crippen LogP contribution in [0.25, 0.3) is 16.3 Å². The molecule has 1 N–H and O–H groups in total. The molecule has 23 heavy (non-hydrogen) atoms. The fourth-order valence-electron chi connectivity index (χ4n) is 2.11. The van der Waals surface area contributed by atoms with Crippen LogP contribution in [-0.4, -0.2) is 16.7 Å². The SMILES string of the molecule is CC(=O)c1cccc(NC(=O)/C=C/c2nc3ccccc3s2)c1. The third-order valence-corrected chi connectivity index (χ3v) is 4.23. The number of aromatic nitrogens is 1. The number of nitrogens with one attached hydrogen (secondary N) is 1. The topological polar surface area (TPSA) is 59.1 Å². The second kappa shape index (κ2) is 6.54. The second-order valence-electron chi connectivity index (χ2n) is 4.98. The summed E-state index contributed by atoms with van der Waals surface area (Å²) in [6, 6.07) is 14.7. The van der Waals surface area contributed by atoms with Gasteiger partial charge in [0.2, 0.25) is 5.91 Å². The fraction of sp³-hybridized carbons (Fsp3) is 0.0556. The highest BCUT2D eigenvalue weighted by molar-refractivity contribution is 7.19. The highest BCUT2D eigenvalue weighted by Crippen LogP contribution is 2.22. The second-order valence-corrected chi connectivity index (χ2v) is 6.04. The first-order valence-electron chi connectivity index (χ1n) is 7.07. The van der Waals surface area contributed by atoms with E-state index in [9.17, 15) is 9.59 Å². The molecule has 0 unspecified atom stereocenters. The molecule has 1 amide bonds. The lowest BCUT2D eigenvalue weighted by molar-refractivity contribution is -0.111. The quantitative estimate of drug-likeness (QED) is 0.580. The largest absolute Gasteiger partial charge is 0.322 e. The molecular formula is C18H14N2O2S. The molecule has 114 valence electrons. The molecule has 0 fully saturated rings. The molecule has 1 aromatic heterocycles. The Bertz CT molecular complexity index is 879. The molecule has 0 saturated heterocycles. The number of benzene rings is 2. The summed E-state index contributed by atoms with van der Waals surface area (Å²) >= 11 is 1.53. The van der Waals surface area contributed by atoms with Gasteiger partial charge in [-0.2, -0.15) is 0 Å². The number of fused-ring (bicyclic) bond motifs is 1. The van der Waals surface area contributed by atoms with E-state index in [1.54, 1.807) is 30.3 Å². The van der Waals surface area contributed by atoms with Crippen LogP contribution in [-0.2, 0) is 4.79 Å². The third kappa shape index (κ3) is 3.70. The van der Waals surface area contributed by atoms with Crippen molar-refractivity contribution in [1.29, 1.82) is 0 Å². The highest BCUT2D eigenvalue weighted by atomic mass is 32.1. The van der Waals surface area contributed by atoms with Crippen molar-refractivity contribution in [3.63, 3.8) is 0 Å². The molecular weight excluding hydrogens is 308 g/mol. The fourth-order valence-corrected chi connectivity index (χ4v) is 2.98. The minimum absolute atomic E-state index is 0.0360. The Balaban J connectivity index is 1.71. The van der Waals surface area contributed by atoms with Crippen LogP contribution in [0.15, 0.2) is 54.6 Å². The van der Waals surface area contributed by atoms with Crippen molar-refractivity contribution in [1.82, 2.24) is 4.98 Å². The van der Waals surface area contributed by atoms with Crippen molar-refractivity contribution >= 4 is 45.0 Å². The zero-order valence-corrected chi connectivity index (χ0v) is 13.3. The summed E-state index contributed by atoms with van der Waals surface area (Å²) in [5.41, 5.74) is 2.08. The summed E-state index contributed by atoms with van der Waals surface area (Å²) in [5.74, 6) is -0.295. The third-order valence-electron chi connectivity index (χ3n) is 3.22. The zero-order chi connectivity index (χ0) is 16.2. The predicted molar refractivity (Wildman–Crippen MR) is 93.7 cm³/mol. The maximum Gasteiger partial charge on any atom is 0.248 e. The van der Waals surface area contributed by atoms with Gasteiger partial charge in [0.25, 0.3) is 0 Å².